The van der Waals surface area contributed by atoms with Crippen molar-refractivity contribution in [3.05, 3.63) is 0 Å². The Bertz CT molecular complexity index is 364. The Morgan fingerprint density at radius 2 is 2.20 bits per heavy atom. The van der Waals surface area contributed by atoms with Crippen LogP contribution in [0.1, 0.15) is 32.6 Å². The molecule has 2 aliphatic rings. The summed E-state index contributed by atoms with van der Waals surface area (Å²) < 4.78 is 0. The maximum Gasteiger partial charge on any atom is 0.327 e. The Morgan fingerprint density at radius 1 is 1.40 bits per heavy atom. The van der Waals surface area contributed by atoms with Gasteiger partial charge in [-0.3, -0.25) is 0 Å². The van der Waals surface area contributed by atoms with E-state index >= 15 is 0 Å². The Labute approximate surface area is 124 Å². The lowest BCUT2D eigenvalue weighted by Crippen LogP contribution is -2.54. The number of urea groups is 1. The predicted octanol–water partition coefficient (Wildman–Crippen LogP) is 2.02. The number of nitrogens with zero attached hydrogens (tertiary/aromatic N) is 1. The van der Waals surface area contributed by atoms with Gasteiger partial charge in [0, 0.05) is 24.6 Å². The van der Waals surface area contributed by atoms with Gasteiger partial charge in [-0.15, -0.1) is 0 Å². The van der Waals surface area contributed by atoms with Crippen molar-refractivity contribution < 1.29 is 14.7 Å². The van der Waals surface area contributed by atoms with E-state index in [-0.39, 0.29) is 6.03 Å². The van der Waals surface area contributed by atoms with Gasteiger partial charge in [0.05, 0.1) is 0 Å². The molecule has 1 saturated carbocycles. The second-order valence-electron chi connectivity index (χ2n) is 5.95. The smallest absolute Gasteiger partial charge is 0.327 e. The SMILES string of the molecule is CC1CCCC(CNC(=O)N2CCSCC2C(=O)O)C1. The lowest BCUT2D eigenvalue weighted by molar-refractivity contribution is -0.141. The van der Waals surface area contributed by atoms with Crippen molar-refractivity contribution in [2.75, 3.05) is 24.6 Å². The third kappa shape index (κ3) is 4.04. The van der Waals surface area contributed by atoms with Crippen LogP contribution in [0.2, 0.25) is 0 Å². The largest absolute Gasteiger partial charge is 0.480 e. The quantitative estimate of drug-likeness (QED) is 0.836. The van der Waals surface area contributed by atoms with Crippen molar-refractivity contribution >= 4 is 23.8 Å². The zero-order chi connectivity index (χ0) is 14.5. The lowest BCUT2D eigenvalue weighted by Gasteiger charge is -2.33. The highest BCUT2D eigenvalue weighted by molar-refractivity contribution is 7.99. The first-order valence-electron chi connectivity index (χ1n) is 7.43. The zero-order valence-corrected chi connectivity index (χ0v) is 12.8. The van der Waals surface area contributed by atoms with E-state index in [1.807, 2.05) is 0 Å². The van der Waals surface area contributed by atoms with Gasteiger partial charge in [-0.2, -0.15) is 11.8 Å². The molecule has 1 saturated heterocycles. The molecular weight excluding hydrogens is 276 g/mol. The van der Waals surface area contributed by atoms with E-state index in [4.69, 9.17) is 0 Å². The molecule has 0 aromatic rings. The monoisotopic (exact) mass is 300 g/mol. The number of thioether (sulfide) groups is 1. The number of carbonyl (C=O) groups is 2. The first kappa shape index (κ1) is 15.5. The molecule has 114 valence electrons. The molecule has 2 rings (SSSR count). The molecule has 3 atom stereocenters. The number of carbonyl (C=O) groups excluding carboxylic acids is 1. The molecule has 1 aliphatic carbocycles. The van der Waals surface area contributed by atoms with Crippen molar-refractivity contribution in [2.45, 2.75) is 38.6 Å². The summed E-state index contributed by atoms with van der Waals surface area (Å²) in [4.78, 5) is 24.8. The molecule has 2 fully saturated rings. The number of hydrogen-bond acceptors (Lipinski definition) is 3. The zero-order valence-electron chi connectivity index (χ0n) is 12.0. The average molecular weight is 300 g/mol. The summed E-state index contributed by atoms with van der Waals surface area (Å²) in [6.45, 7) is 3.46. The lowest BCUT2D eigenvalue weighted by atomic mass is 9.82. The van der Waals surface area contributed by atoms with E-state index in [2.05, 4.69) is 12.2 Å². The molecule has 6 heteroatoms. The molecule has 5 nitrogen and oxygen atoms in total. The minimum Gasteiger partial charge on any atom is -0.480 e. The minimum atomic E-state index is -0.904. The summed E-state index contributed by atoms with van der Waals surface area (Å²) in [6.07, 6.45) is 4.86. The molecule has 20 heavy (non-hydrogen) atoms. The van der Waals surface area contributed by atoms with E-state index < -0.39 is 12.0 Å². The average Bonchev–Trinajstić information content (AvgIpc) is 2.45. The molecule has 1 heterocycles. The van der Waals surface area contributed by atoms with Gasteiger partial charge in [-0.25, -0.2) is 9.59 Å². The van der Waals surface area contributed by atoms with E-state index in [1.165, 1.54) is 30.6 Å². The van der Waals surface area contributed by atoms with Gasteiger partial charge in [0.2, 0.25) is 0 Å². The third-order valence-corrected chi connectivity index (χ3v) is 5.28. The fourth-order valence-corrected chi connectivity index (χ4v) is 4.17. The molecule has 0 spiro atoms. The van der Waals surface area contributed by atoms with Gasteiger partial charge in [-0.1, -0.05) is 19.8 Å². The fourth-order valence-electron chi connectivity index (χ4n) is 3.13. The Balaban J connectivity index is 1.82. The number of carboxylic acids is 1. The Kier molecular flexibility index (Phi) is 5.57. The van der Waals surface area contributed by atoms with Crippen LogP contribution in [0.15, 0.2) is 0 Å². The van der Waals surface area contributed by atoms with Gasteiger partial charge in [-0.05, 0) is 24.7 Å². The van der Waals surface area contributed by atoms with Gasteiger partial charge in [0.15, 0.2) is 0 Å². The summed E-state index contributed by atoms with van der Waals surface area (Å²) in [7, 11) is 0. The topological polar surface area (TPSA) is 69.6 Å². The fraction of sp³-hybridized carbons (Fsp3) is 0.857. The minimum absolute atomic E-state index is 0.212. The molecule has 0 radical (unpaired) electrons. The van der Waals surface area contributed by atoms with Gasteiger partial charge >= 0.3 is 12.0 Å². The second kappa shape index (κ2) is 7.20. The normalized spacial score (nSPS) is 30.9. The van der Waals surface area contributed by atoms with Crippen molar-refractivity contribution in [1.29, 1.82) is 0 Å². The molecule has 0 bridgehead atoms. The Hall–Kier alpha value is -0.910. The summed E-state index contributed by atoms with van der Waals surface area (Å²) in [5, 5.41) is 12.1. The van der Waals surface area contributed by atoms with Crippen LogP contribution in [0.5, 0.6) is 0 Å². The highest BCUT2D eigenvalue weighted by Gasteiger charge is 2.32. The van der Waals surface area contributed by atoms with Crippen LogP contribution in [0, 0.1) is 11.8 Å². The van der Waals surface area contributed by atoms with Crippen LogP contribution in [0.4, 0.5) is 4.79 Å². The molecule has 3 unspecified atom stereocenters. The third-order valence-electron chi connectivity index (χ3n) is 4.26. The molecule has 1 aliphatic heterocycles. The van der Waals surface area contributed by atoms with Crippen LogP contribution in [0.3, 0.4) is 0 Å². The molecule has 2 amide bonds. The molecule has 2 N–H and O–H groups in total. The second-order valence-corrected chi connectivity index (χ2v) is 7.10. The number of carboxylic acid groups (broad SMARTS) is 1. The van der Waals surface area contributed by atoms with E-state index in [0.717, 1.165) is 11.7 Å². The Morgan fingerprint density at radius 3 is 2.90 bits per heavy atom. The van der Waals surface area contributed by atoms with Gasteiger partial charge in [0.25, 0.3) is 0 Å². The van der Waals surface area contributed by atoms with Gasteiger partial charge in [0.1, 0.15) is 6.04 Å². The van der Waals surface area contributed by atoms with Gasteiger partial charge < -0.3 is 15.3 Å². The van der Waals surface area contributed by atoms with E-state index in [0.29, 0.717) is 24.8 Å². The summed E-state index contributed by atoms with van der Waals surface area (Å²) >= 11 is 1.60. The van der Waals surface area contributed by atoms with E-state index in [9.17, 15) is 14.7 Å². The highest BCUT2D eigenvalue weighted by Crippen LogP contribution is 2.28. The van der Waals surface area contributed by atoms with Crippen LogP contribution in [-0.4, -0.2) is 52.6 Å². The van der Waals surface area contributed by atoms with Crippen molar-refractivity contribution in [3.8, 4) is 0 Å². The standard InChI is InChI=1S/C14H24N2O3S/c1-10-3-2-4-11(7-10)8-15-14(19)16-5-6-20-9-12(16)13(17)18/h10-12H,2-9H2,1H3,(H,15,19)(H,17,18). The van der Waals surface area contributed by atoms with Crippen LogP contribution in [-0.2, 0) is 4.79 Å². The first-order valence-corrected chi connectivity index (χ1v) is 8.58. The predicted molar refractivity (Wildman–Crippen MR) is 80.0 cm³/mol. The maximum atomic E-state index is 12.2. The first-order chi connectivity index (χ1) is 9.58. The number of aliphatic carboxylic acids is 1. The summed E-state index contributed by atoms with van der Waals surface area (Å²) in [5.74, 6) is 1.69. The molecule has 0 aromatic heterocycles. The summed E-state index contributed by atoms with van der Waals surface area (Å²) in [5.41, 5.74) is 0. The van der Waals surface area contributed by atoms with Crippen LogP contribution >= 0.6 is 11.8 Å². The number of amides is 2. The van der Waals surface area contributed by atoms with Crippen LogP contribution in [0.25, 0.3) is 0 Å². The van der Waals surface area contributed by atoms with Crippen molar-refractivity contribution in [1.82, 2.24) is 10.2 Å². The van der Waals surface area contributed by atoms with Crippen LogP contribution < -0.4 is 5.32 Å². The van der Waals surface area contributed by atoms with Crippen molar-refractivity contribution in [2.24, 2.45) is 11.8 Å². The summed E-state index contributed by atoms with van der Waals surface area (Å²) in [6, 6.07) is -0.894. The molecular formula is C14H24N2O3S. The van der Waals surface area contributed by atoms with E-state index in [1.54, 1.807) is 11.8 Å². The maximum absolute atomic E-state index is 12.2. The molecule has 0 aromatic carbocycles. The number of nitrogens with one attached hydrogen (secondary N) is 1. The van der Waals surface area contributed by atoms with Crippen molar-refractivity contribution in [3.63, 3.8) is 0 Å². The highest BCUT2D eigenvalue weighted by atomic mass is 32.2. The number of rotatable bonds is 3. The number of hydrogen-bond donors (Lipinski definition) is 2.